The molecule has 1 heterocycles. The molecule has 0 fully saturated rings. The molecule has 0 atom stereocenters. The van der Waals surface area contributed by atoms with Crippen LogP contribution in [-0.4, -0.2) is 17.2 Å². The molecule has 0 unspecified atom stereocenters. The summed E-state index contributed by atoms with van der Waals surface area (Å²) in [4.78, 5) is 6.10. The second kappa shape index (κ2) is 8.80. The minimum atomic E-state index is 0.273. The first-order valence-corrected chi connectivity index (χ1v) is 10.2. The summed E-state index contributed by atoms with van der Waals surface area (Å²) in [6, 6.07) is 25.7. The lowest BCUT2D eigenvalue weighted by atomic mass is 10.1. The summed E-state index contributed by atoms with van der Waals surface area (Å²) in [5, 5.41) is 13.8. The number of nitrogens with zero attached hydrogens (tertiary/aromatic N) is 1. The summed E-state index contributed by atoms with van der Waals surface area (Å²) in [5.74, 6) is 1.11. The van der Waals surface area contributed by atoms with Crippen molar-refractivity contribution in [2.45, 2.75) is 13.0 Å². The zero-order chi connectivity index (χ0) is 20.1. The molecule has 5 heteroatoms. The van der Waals surface area contributed by atoms with Crippen LogP contribution in [0.5, 0.6) is 11.5 Å². The number of aromatic nitrogens is 1. The molecule has 0 aliphatic rings. The molecule has 3 aromatic carbocycles. The Bertz CT molecular complexity index is 1060. The molecule has 29 heavy (non-hydrogen) atoms. The van der Waals surface area contributed by atoms with Gasteiger partial charge in [-0.25, -0.2) is 4.98 Å². The molecule has 2 N–H and O–H groups in total. The highest BCUT2D eigenvalue weighted by Gasteiger charge is 2.14. The molecule has 0 radical (unpaired) electrons. The van der Waals surface area contributed by atoms with Crippen LogP contribution in [0, 0.1) is 0 Å². The van der Waals surface area contributed by atoms with Gasteiger partial charge >= 0.3 is 0 Å². The van der Waals surface area contributed by atoms with E-state index in [1.54, 1.807) is 30.6 Å². The highest BCUT2D eigenvalue weighted by atomic mass is 32.1. The van der Waals surface area contributed by atoms with Gasteiger partial charge < -0.3 is 15.2 Å². The largest absolute Gasteiger partial charge is 0.508 e. The zero-order valence-corrected chi connectivity index (χ0v) is 16.9. The molecular weight excluding hydrogens is 380 g/mol. The van der Waals surface area contributed by atoms with Crippen LogP contribution >= 0.6 is 11.3 Å². The maximum absolute atomic E-state index is 9.45. The van der Waals surface area contributed by atoms with Crippen LogP contribution in [0.2, 0.25) is 0 Å². The summed E-state index contributed by atoms with van der Waals surface area (Å²) in [5.41, 5.74) is 4.42. The van der Waals surface area contributed by atoms with E-state index < -0.39 is 0 Å². The summed E-state index contributed by atoms with van der Waals surface area (Å²) in [6.07, 6.45) is 0.834. The first-order valence-electron chi connectivity index (χ1n) is 9.41. The van der Waals surface area contributed by atoms with Crippen LogP contribution in [0.4, 0.5) is 5.13 Å². The number of hydrogen-bond acceptors (Lipinski definition) is 5. The number of rotatable bonds is 7. The number of ether oxygens (including phenoxy) is 1. The van der Waals surface area contributed by atoms with E-state index >= 15 is 0 Å². The second-order valence-electron chi connectivity index (χ2n) is 6.70. The number of anilines is 1. The molecule has 0 aliphatic carbocycles. The van der Waals surface area contributed by atoms with Crippen molar-refractivity contribution in [2.24, 2.45) is 0 Å². The fourth-order valence-electron chi connectivity index (χ4n) is 3.09. The van der Waals surface area contributed by atoms with Crippen LogP contribution in [0.25, 0.3) is 11.3 Å². The standard InChI is InChI=1S/C24H22N2O2S/c1-28-21-13-9-19(10-14-21)23-22(15-17-5-3-2-4-6-17)29-24(26-23)25-16-18-7-11-20(27)12-8-18/h2-14,27H,15-16H2,1H3,(H,25,26). The number of methoxy groups -OCH3 is 1. The first-order chi connectivity index (χ1) is 14.2. The quantitative estimate of drug-likeness (QED) is 0.415. The molecule has 0 aliphatic heterocycles. The van der Waals surface area contributed by atoms with Gasteiger partial charge in [-0.2, -0.15) is 0 Å². The highest BCUT2D eigenvalue weighted by molar-refractivity contribution is 7.16. The topological polar surface area (TPSA) is 54.4 Å². The molecule has 0 saturated carbocycles. The van der Waals surface area contributed by atoms with Gasteiger partial charge in [-0.3, -0.25) is 0 Å². The van der Waals surface area contributed by atoms with Crippen molar-refractivity contribution in [3.8, 4) is 22.8 Å². The van der Waals surface area contributed by atoms with E-state index in [0.717, 1.165) is 34.1 Å². The Morgan fingerprint density at radius 3 is 2.31 bits per heavy atom. The molecule has 4 nitrogen and oxygen atoms in total. The highest BCUT2D eigenvalue weighted by Crippen LogP contribution is 2.34. The third-order valence-electron chi connectivity index (χ3n) is 4.65. The van der Waals surface area contributed by atoms with E-state index in [1.807, 2.05) is 42.5 Å². The number of benzene rings is 3. The van der Waals surface area contributed by atoms with Gasteiger partial charge in [0.05, 0.1) is 12.8 Å². The monoisotopic (exact) mass is 402 g/mol. The molecule has 146 valence electrons. The third kappa shape index (κ3) is 4.76. The summed E-state index contributed by atoms with van der Waals surface area (Å²) in [6.45, 7) is 0.653. The number of nitrogens with one attached hydrogen (secondary N) is 1. The van der Waals surface area contributed by atoms with Gasteiger partial charge in [-0.15, -0.1) is 11.3 Å². The van der Waals surface area contributed by atoms with Crippen LogP contribution in [0.1, 0.15) is 16.0 Å². The van der Waals surface area contributed by atoms with Crippen molar-refractivity contribution < 1.29 is 9.84 Å². The fourth-order valence-corrected chi connectivity index (χ4v) is 4.11. The smallest absolute Gasteiger partial charge is 0.183 e. The van der Waals surface area contributed by atoms with Crippen molar-refractivity contribution in [1.29, 1.82) is 0 Å². The van der Waals surface area contributed by atoms with E-state index in [2.05, 4.69) is 29.6 Å². The second-order valence-corrected chi connectivity index (χ2v) is 7.79. The third-order valence-corrected chi connectivity index (χ3v) is 5.66. The van der Waals surface area contributed by atoms with Gasteiger partial charge in [0.25, 0.3) is 0 Å². The van der Waals surface area contributed by atoms with Crippen molar-refractivity contribution in [1.82, 2.24) is 4.98 Å². The Labute approximate surface area is 174 Å². The maximum Gasteiger partial charge on any atom is 0.183 e. The van der Waals surface area contributed by atoms with Crippen molar-refractivity contribution in [3.05, 3.63) is 94.9 Å². The maximum atomic E-state index is 9.45. The minimum Gasteiger partial charge on any atom is -0.508 e. The molecule has 0 saturated heterocycles. The van der Waals surface area contributed by atoms with Crippen molar-refractivity contribution in [2.75, 3.05) is 12.4 Å². The SMILES string of the molecule is COc1ccc(-c2nc(NCc3ccc(O)cc3)sc2Cc2ccccc2)cc1. The van der Waals surface area contributed by atoms with Gasteiger partial charge in [0.1, 0.15) is 11.5 Å². The predicted molar refractivity (Wildman–Crippen MR) is 119 cm³/mol. The number of phenols is 1. The Hall–Kier alpha value is -3.31. The minimum absolute atomic E-state index is 0.273. The van der Waals surface area contributed by atoms with Gasteiger partial charge in [-0.05, 0) is 47.5 Å². The lowest BCUT2D eigenvalue weighted by Crippen LogP contribution is -1.98. The number of aromatic hydroxyl groups is 1. The number of phenolic OH excluding ortho intramolecular Hbond substituents is 1. The van der Waals surface area contributed by atoms with Crippen molar-refractivity contribution in [3.63, 3.8) is 0 Å². The molecule has 0 spiro atoms. The van der Waals surface area contributed by atoms with Crippen LogP contribution in [0.3, 0.4) is 0 Å². The Morgan fingerprint density at radius 1 is 0.897 bits per heavy atom. The summed E-state index contributed by atoms with van der Waals surface area (Å²) >= 11 is 1.68. The van der Waals surface area contributed by atoms with Crippen molar-refractivity contribution >= 4 is 16.5 Å². The van der Waals surface area contributed by atoms with Crippen LogP contribution < -0.4 is 10.1 Å². The van der Waals surface area contributed by atoms with Crippen LogP contribution in [0.15, 0.2) is 78.9 Å². The normalized spacial score (nSPS) is 10.7. The fraction of sp³-hybridized carbons (Fsp3) is 0.125. The first kappa shape index (κ1) is 19.0. The summed E-state index contributed by atoms with van der Waals surface area (Å²) in [7, 11) is 1.67. The van der Waals surface area contributed by atoms with E-state index in [0.29, 0.717) is 6.54 Å². The number of hydrogen-bond donors (Lipinski definition) is 2. The Kier molecular flexibility index (Phi) is 5.77. The molecule has 4 aromatic rings. The van der Waals surface area contributed by atoms with E-state index in [4.69, 9.17) is 9.72 Å². The molecule has 1 aromatic heterocycles. The Morgan fingerprint density at radius 2 is 1.62 bits per heavy atom. The van der Waals surface area contributed by atoms with Crippen LogP contribution in [-0.2, 0) is 13.0 Å². The molecule has 0 bridgehead atoms. The average Bonchev–Trinajstić information content (AvgIpc) is 3.17. The average molecular weight is 403 g/mol. The lowest BCUT2D eigenvalue weighted by molar-refractivity contribution is 0.415. The van der Waals surface area contributed by atoms with E-state index in [-0.39, 0.29) is 5.75 Å². The molecule has 0 amide bonds. The molecular formula is C24H22N2O2S. The van der Waals surface area contributed by atoms with E-state index in [9.17, 15) is 5.11 Å². The van der Waals surface area contributed by atoms with E-state index in [1.165, 1.54) is 10.4 Å². The zero-order valence-electron chi connectivity index (χ0n) is 16.1. The van der Waals surface area contributed by atoms with Gasteiger partial charge in [-0.1, -0.05) is 42.5 Å². The van der Waals surface area contributed by atoms with Gasteiger partial charge in [0.2, 0.25) is 0 Å². The van der Waals surface area contributed by atoms with Gasteiger partial charge in [0.15, 0.2) is 5.13 Å². The van der Waals surface area contributed by atoms with Gasteiger partial charge in [0, 0.05) is 23.4 Å². The predicted octanol–water partition coefficient (Wildman–Crippen LogP) is 5.73. The molecule has 4 rings (SSSR count). The lowest BCUT2D eigenvalue weighted by Gasteiger charge is -2.04. The Balaban J connectivity index is 1.61. The number of thiazole rings is 1. The summed E-state index contributed by atoms with van der Waals surface area (Å²) < 4.78 is 5.28.